The predicted octanol–water partition coefficient (Wildman–Crippen LogP) is 5.27. The fourth-order valence-electron chi connectivity index (χ4n) is 3.01. The number of rotatable bonds is 6. The van der Waals surface area contributed by atoms with Crippen LogP contribution in [-0.2, 0) is 0 Å². The molecule has 1 atom stereocenters. The average Bonchev–Trinajstić information content (AvgIpc) is 2.68. The first-order valence-electron chi connectivity index (χ1n) is 9.01. The Bertz CT molecular complexity index is 844. The predicted molar refractivity (Wildman–Crippen MR) is 106 cm³/mol. The molecule has 1 aromatic heterocycles. The van der Waals surface area contributed by atoms with Gasteiger partial charge in [-0.1, -0.05) is 62.4 Å². The molecule has 1 unspecified atom stereocenters. The zero-order valence-corrected chi connectivity index (χ0v) is 15.2. The van der Waals surface area contributed by atoms with Gasteiger partial charge in [0.15, 0.2) is 0 Å². The maximum absolute atomic E-state index is 12.6. The molecule has 132 valence electrons. The molecule has 1 amide bonds. The number of aromatic nitrogens is 1. The lowest BCUT2D eigenvalue weighted by Gasteiger charge is -2.21. The van der Waals surface area contributed by atoms with E-state index in [9.17, 15) is 4.79 Å². The van der Waals surface area contributed by atoms with Crippen molar-refractivity contribution in [2.24, 2.45) is 5.92 Å². The van der Waals surface area contributed by atoms with E-state index >= 15 is 0 Å². The highest BCUT2D eigenvalue weighted by atomic mass is 16.1. The van der Waals surface area contributed by atoms with Gasteiger partial charge in [0.1, 0.15) is 0 Å². The average molecular weight is 344 g/mol. The number of hydrogen-bond donors (Lipinski definition) is 1. The van der Waals surface area contributed by atoms with Crippen molar-refractivity contribution in [2.45, 2.75) is 26.3 Å². The number of hydrogen-bond acceptors (Lipinski definition) is 2. The first-order valence-corrected chi connectivity index (χ1v) is 9.01. The van der Waals surface area contributed by atoms with Crippen molar-refractivity contribution in [3.63, 3.8) is 0 Å². The van der Waals surface area contributed by atoms with Gasteiger partial charge in [-0.3, -0.25) is 9.78 Å². The van der Waals surface area contributed by atoms with Crippen LogP contribution in [-0.4, -0.2) is 10.9 Å². The Kier molecular flexibility index (Phi) is 5.80. The van der Waals surface area contributed by atoms with Crippen LogP contribution in [0.25, 0.3) is 11.1 Å². The molecular weight excluding hydrogens is 320 g/mol. The van der Waals surface area contributed by atoms with Crippen LogP contribution >= 0.6 is 0 Å². The summed E-state index contributed by atoms with van der Waals surface area (Å²) in [5.74, 6) is 0.376. The fourth-order valence-corrected chi connectivity index (χ4v) is 3.01. The summed E-state index contributed by atoms with van der Waals surface area (Å²) in [7, 11) is 0. The number of carbonyl (C=O) groups excluding carboxylic acids is 1. The van der Waals surface area contributed by atoms with E-state index in [1.807, 2.05) is 60.8 Å². The molecule has 0 spiro atoms. The number of benzene rings is 2. The minimum absolute atomic E-state index is 0.0665. The highest BCUT2D eigenvalue weighted by Crippen LogP contribution is 2.25. The Morgan fingerprint density at radius 2 is 1.58 bits per heavy atom. The molecule has 0 aliphatic heterocycles. The molecule has 3 aromatic rings. The molecule has 0 aliphatic carbocycles. The summed E-state index contributed by atoms with van der Waals surface area (Å²) in [5, 5.41) is 3.16. The van der Waals surface area contributed by atoms with Gasteiger partial charge in [0, 0.05) is 11.8 Å². The van der Waals surface area contributed by atoms with E-state index in [4.69, 9.17) is 0 Å². The van der Waals surface area contributed by atoms with E-state index in [1.54, 1.807) is 0 Å². The standard InChI is InChI=1S/C23H24N2O/c1-17(2)15-22(25-23(26)19-11-7-4-8-12-19)21-16-20(13-14-24-21)18-9-5-3-6-10-18/h3-14,16-17,22H,15H2,1-2H3,(H,25,26). The fraction of sp³-hybridized carbons (Fsp3) is 0.217. The molecule has 0 saturated heterocycles. The molecule has 0 radical (unpaired) electrons. The summed E-state index contributed by atoms with van der Waals surface area (Å²) in [6.45, 7) is 4.31. The van der Waals surface area contributed by atoms with Crippen molar-refractivity contribution in [3.05, 3.63) is 90.3 Å². The molecule has 3 heteroatoms. The van der Waals surface area contributed by atoms with Gasteiger partial charge in [-0.25, -0.2) is 0 Å². The van der Waals surface area contributed by atoms with Gasteiger partial charge in [0.2, 0.25) is 0 Å². The second kappa shape index (κ2) is 8.43. The zero-order valence-electron chi connectivity index (χ0n) is 15.2. The first-order chi connectivity index (χ1) is 12.6. The summed E-state index contributed by atoms with van der Waals surface area (Å²) < 4.78 is 0. The van der Waals surface area contributed by atoms with Crippen LogP contribution in [0.4, 0.5) is 0 Å². The van der Waals surface area contributed by atoms with Crippen LogP contribution in [0.2, 0.25) is 0 Å². The number of nitrogens with one attached hydrogen (secondary N) is 1. The highest BCUT2D eigenvalue weighted by molar-refractivity contribution is 5.94. The number of amides is 1. The third-order valence-corrected chi connectivity index (χ3v) is 4.29. The lowest BCUT2D eigenvalue weighted by Crippen LogP contribution is -2.30. The topological polar surface area (TPSA) is 42.0 Å². The quantitative estimate of drug-likeness (QED) is 0.662. The Balaban J connectivity index is 1.87. The molecule has 3 nitrogen and oxygen atoms in total. The molecule has 26 heavy (non-hydrogen) atoms. The molecule has 2 aromatic carbocycles. The SMILES string of the molecule is CC(C)CC(NC(=O)c1ccccc1)c1cc(-c2ccccc2)ccn1. The van der Waals surface area contributed by atoms with Gasteiger partial charge in [-0.15, -0.1) is 0 Å². The van der Waals surface area contributed by atoms with Crippen molar-refractivity contribution in [3.8, 4) is 11.1 Å². The zero-order chi connectivity index (χ0) is 18.4. The van der Waals surface area contributed by atoms with Crippen LogP contribution in [0.1, 0.15) is 42.4 Å². The van der Waals surface area contributed by atoms with E-state index in [0.29, 0.717) is 11.5 Å². The van der Waals surface area contributed by atoms with Crippen molar-refractivity contribution in [1.29, 1.82) is 0 Å². The van der Waals surface area contributed by atoms with Crippen LogP contribution in [0.15, 0.2) is 79.0 Å². The minimum atomic E-state index is -0.119. The molecule has 0 saturated carbocycles. The van der Waals surface area contributed by atoms with E-state index < -0.39 is 0 Å². The van der Waals surface area contributed by atoms with Crippen molar-refractivity contribution >= 4 is 5.91 Å². The Hall–Kier alpha value is -2.94. The summed E-state index contributed by atoms with van der Waals surface area (Å²) >= 11 is 0. The van der Waals surface area contributed by atoms with Gasteiger partial charge < -0.3 is 5.32 Å². The number of carbonyl (C=O) groups is 1. The Morgan fingerprint density at radius 1 is 0.923 bits per heavy atom. The maximum Gasteiger partial charge on any atom is 0.251 e. The Labute approximate surface area is 155 Å². The third kappa shape index (κ3) is 4.57. The molecule has 0 bridgehead atoms. The second-order valence-corrected chi connectivity index (χ2v) is 6.86. The lowest BCUT2D eigenvalue weighted by atomic mass is 9.97. The van der Waals surface area contributed by atoms with Gasteiger partial charge in [-0.05, 0) is 47.7 Å². The minimum Gasteiger partial charge on any atom is -0.344 e. The molecule has 3 rings (SSSR count). The molecule has 0 fully saturated rings. The maximum atomic E-state index is 12.6. The summed E-state index contributed by atoms with van der Waals surface area (Å²) in [6.07, 6.45) is 2.66. The number of nitrogens with zero attached hydrogens (tertiary/aromatic N) is 1. The summed E-state index contributed by atoms with van der Waals surface area (Å²) in [4.78, 5) is 17.2. The molecule has 1 N–H and O–H groups in total. The monoisotopic (exact) mass is 344 g/mol. The number of pyridine rings is 1. The smallest absolute Gasteiger partial charge is 0.251 e. The summed E-state index contributed by atoms with van der Waals surface area (Å²) in [6, 6.07) is 23.5. The Morgan fingerprint density at radius 3 is 2.23 bits per heavy atom. The van der Waals surface area contributed by atoms with E-state index in [-0.39, 0.29) is 11.9 Å². The second-order valence-electron chi connectivity index (χ2n) is 6.86. The van der Waals surface area contributed by atoms with E-state index in [2.05, 4.69) is 42.3 Å². The normalized spacial score (nSPS) is 12.0. The van der Waals surface area contributed by atoms with Gasteiger partial charge in [0.25, 0.3) is 5.91 Å². The molecule has 0 aliphatic rings. The highest BCUT2D eigenvalue weighted by Gasteiger charge is 2.19. The lowest BCUT2D eigenvalue weighted by molar-refractivity contribution is 0.0931. The van der Waals surface area contributed by atoms with Crippen molar-refractivity contribution in [2.75, 3.05) is 0 Å². The molecule has 1 heterocycles. The summed E-state index contributed by atoms with van der Waals surface area (Å²) in [5.41, 5.74) is 3.82. The van der Waals surface area contributed by atoms with Crippen LogP contribution in [0, 0.1) is 5.92 Å². The third-order valence-electron chi connectivity index (χ3n) is 4.29. The van der Waals surface area contributed by atoms with Gasteiger partial charge in [-0.2, -0.15) is 0 Å². The largest absolute Gasteiger partial charge is 0.344 e. The first kappa shape index (κ1) is 17.9. The van der Waals surface area contributed by atoms with E-state index in [1.165, 1.54) is 0 Å². The van der Waals surface area contributed by atoms with Crippen molar-refractivity contribution < 1.29 is 4.79 Å². The van der Waals surface area contributed by atoms with E-state index in [0.717, 1.165) is 23.2 Å². The van der Waals surface area contributed by atoms with Crippen molar-refractivity contribution in [1.82, 2.24) is 10.3 Å². The van der Waals surface area contributed by atoms with Gasteiger partial charge in [0.05, 0.1) is 11.7 Å². The molecular formula is C23H24N2O. The van der Waals surface area contributed by atoms with Crippen LogP contribution in [0.3, 0.4) is 0 Å². The van der Waals surface area contributed by atoms with Crippen LogP contribution < -0.4 is 5.32 Å². The van der Waals surface area contributed by atoms with Crippen LogP contribution in [0.5, 0.6) is 0 Å². The van der Waals surface area contributed by atoms with Gasteiger partial charge >= 0.3 is 0 Å².